The number of nitrogens with zero attached hydrogens (tertiary/aromatic N) is 2. The maximum Gasteiger partial charge on any atom is 0.148 e. The van der Waals surface area contributed by atoms with E-state index in [0.717, 1.165) is 20.2 Å². The maximum absolute atomic E-state index is 5.65. The van der Waals surface area contributed by atoms with Crippen molar-refractivity contribution in [2.45, 2.75) is 13.0 Å². The topological polar surface area (TPSA) is 63.8 Å². The number of anilines is 1. The number of hydrogen-bond acceptors (Lipinski definition) is 5. The van der Waals surface area contributed by atoms with Gasteiger partial charge in [-0.3, -0.25) is 0 Å². The largest absolute Gasteiger partial charge is 0.367 e. The molecule has 0 radical (unpaired) electrons. The Balaban J connectivity index is 2.07. The Morgan fingerprint density at radius 3 is 2.71 bits per heavy atom. The van der Waals surface area contributed by atoms with Crippen LogP contribution in [0, 0.1) is 0 Å². The summed E-state index contributed by atoms with van der Waals surface area (Å²) in [5.41, 5.74) is 6.53. The smallest absolute Gasteiger partial charge is 0.148 e. The van der Waals surface area contributed by atoms with E-state index in [0.29, 0.717) is 6.54 Å². The zero-order chi connectivity index (χ0) is 12.3. The van der Waals surface area contributed by atoms with Gasteiger partial charge in [0.15, 0.2) is 0 Å². The molecule has 0 aliphatic carbocycles. The molecule has 90 valence electrons. The van der Waals surface area contributed by atoms with Crippen LogP contribution in [0.2, 0.25) is 0 Å². The number of nitrogens with one attached hydrogen (secondary N) is 1. The SMILES string of the molecule is CC(N)CNc1ccc(-c2ccc(Br)s2)nn1. The number of hydrogen-bond donors (Lipinski definition) is 2. The molecular weight excluding hydrogens is 300 g/mol. The third-order valence-corrected chi connectivity index (χ3v) is 3.74. The summed E-state index contributed by atoms with van der Waals surface area (Å²) < 4.78 is 1.09. The fraction of sp³-hybridized carbons (Fsp3) is 0.273. The Morgan fingerprint density at radius 2 is 2.18 bits per heavy atom. The summed E-state index contributed by atoms with van der Waals surface area (Å²) in [6, 6.07) is 8.00. The molecule has 4 nitrogen and oxygen atoms in total. The van der Waals surface area contributed by atoms with E-state index in [1.807, 2.05) is 31.2 Å². The monoisotopic (exact) mass is 312 g/mol. The van der Waals surface area contributed by atoms with Crippen LogP contribution in [0.5, 0.6) is 0 Å². The molecule has 6 heteroatoms. The number of aromatic nitrogens is 2. The van der Waals surface area contributed by atoms with Crippen LogP contribution in [0.25, 0.3) is 10.6 Å². The first-order valence-corrected chi connectivity index (χ1v) is 6.85. The van der Waals surface area contributed by atoms with E-state index in [4.69, 9.17) is 5.73 Å². The van der Waals surface area contributed by atoms with Crippen molar-refractivity contribution in [3.8, 4) is 10.6 Å². The average molecular weight is 313 g/mol. The van der Waals surface area contributed by atoms with Crippen LogP contribution in [0.15, 0.2) is 28.1 Å². The molecule has 2 heterocycles. The normalized spacial score (nSPS) is 12.4. The van der Waals surface area contributed by atoms with E-state index >= 15 is 0 Å². The van der Waals surface area contributed by atoms with Crippen LogP contribution in [0.3, 0.4) is 0 Å². The molecule has 0 saturated heterocycles. The zero-order valence-electron chi connectivity index (χ0n) is 9.35. The number of halogens is 1. The molecule has 1 atom stereocenters. The van der Waals surface area contributed by atoms with Crippen LogP contribution in [-0.4, -0.2) is 22.8 Å². The second kappa shape index (κ2) is 5.57. The van der Waals surface area contributed by atoms with Crippen molar-refractivity contribution >= 4 is 33.1 Å². The van der Waals surface area contributed by atoms with E-state index in [1.165, 1.54) is 0 Å². The second-order valence-corrected chi connectivity index (χ2v) is 6.23. The molecule has 0 fully saturated rings. The van der Waals surface area contributed by atoms with Gasteiger partial charge in [-0.1, -0.05) is 0 Å². The second-order valence-electron chi connectivity index (χ2n) is 3.77. The molecule has 0 saturated carbocycles. The van der Waals surface area contributed by atoms with Gasteiger partial charge in [0, 0.05) is 12.6 Å². The standard InChI is InChI=1S/C11H13BrN4S/c1-7(13)6-14-11-5-2-8(15-16-11)9-3-4-10(12)17-9/h2-5,7H,6,13H2,1H3,(H,14,16). The zero-order valence-corrected chi connectivity index (χ0v) is 11.8. The van der Waals surface area contributed by atoms with Crippen LogP contribution >= 0.6 is 27.3 Å². The Kier molecular flexibility index (Phi) is 4.09. The van der Waals surface area contributed by atoms with Crippen molar-refractivity contribution in [2.75, 3.05) is 11.9 Å². The first-order chi connectivity index (χ1) is 8.15. The minimum Gasteiger partial charge on any atom is -0.367 e. The van der Waals surface area contributed by atoms with Gasteiger partial charge in [-0.15, -0.1) is 21.5 Å². The average Bonchev–Trinajstić information content (AvgIpc) is 2.74. The summed E-state index contributed by atoms with van der Waals surface area (Å²) in [7, 11) is 0. The molecule has 0 bridgehead atoms. The Bertz CT molecular complexity index is 480. The lowest BCUT2D eigenvalue weighted by Crippen LogP contribution is -2.25. The van der Waals surface area contributed by atoms with E-state index in [2.05, 4.69) is 31.4 Å². The van der Waals surface area contributed by atoms with Gasteiger partial charge in [-0.2, -0.15) is 0 Å². The highest BCUT2D eigenvalue weighted by Gasteiger charge is 2.04. The highest BCUT2D eigenvalue weighted by molar-refractivity contribution is 9.11. The molecule has 2 aromatic rings. The quantitative estimate of drug-likeness (QED) is 0.911. The van der Waals surface area contributed by atoms with Gasteiger partial charge < -0.3 is 11.1 Å². The van der Waals surface area contributed by atoms with Gasteiger partial charge in [0.1, 0.15) is 11.5 Å². The van der Waals surface area contributed by atoms with E-state index < -0.39 is 0 Å². The van der Waals surface area contributed by atoms with Gasteiger partial charge in [0.05, 0.1) is 8.66 Å². The number of rotatable bonds is 4. The lowest BCUT2D eigenvalue weighted by atomic mass is 10.3. The summed E-state index contributed by atoms with van der Waals surface area (Å²) in [5.74, 6) is 0.752. The molecule has 0 aliphatic heterocycles. The fourth-order valence-electron chi connectivity index (χ4n) is 1.28. The fourth-order valence-corrected chi connectivity index (χ4v) is 2.63. The molecule has 0 spiro atoms. The van der Waals surface area contributed by atoms with Crippen molar-refractivity contribution < 1.29 is 0 Å². The van der Waals surface area contributed by atoms with Crippen molar-refractivity contribution in [3.05, 3.63) is 28.1 Å². The van der Waals surface area contributed by atoms with E-state index in [9.17, 15) is 0 Å². The van der Waals surface area contributed by atoms with Crippen LogP contribution in [0.4, 0.5) is 5.82 Å². The third kappa shape index (κ3) is 3.49. The molecule has 0 aliphatic rings. The van der Waals surface area contributed by atoms with E-state index in [-0.39, 0.29) is 6.04 Å². The summed E-state index contributed by atoms with van der Waals surface area (Å²) >= 11 is 5.07. The molecule has 2 rings (SSSR count). The van der Waals surface area contributed by atoms with Crippen molar-refractivity contribution in [1.82, 2.24) is 10.2 Å². The first kappa shape index (κ1) is 12.5. The molecule has 17 heavy (non-hydrogen) atoms. The Labute approximate surface area is 112 Å². The highest BCUT2D eigenvalue weighted by atomic mass is 79.9. The number of thiophene rings is 1. The Hall–Kier alpha value is -0.980. The molecule has 0 aromatic carbocycles. The minimum atomic E-state index is 0.102. The first-order valence-electron chi connectivity index (χ1n) is 5.24. The lowest BCUT2D eigenvalue weighted by Gasteiger charge is -2.07. The van der Waals surface area contributed by atoms with Crippen molar-refractivity contribution in [1.29, 1.82) is 0 Å². The Morgan fingerprint density at radius 1 is 1.35 bits per heavy atom. The van der Waals surface area contributed by atoms with Crippen LogP contribution in [-0.2, 0) is 0 Å². The van der Waals surface area contributed by atoms with Crippen LogP contribution < -0.4 is 11.1 Å². The molecular formula is C11H13BrN4S. The highest BCUT2D eigenvalue weighted by Crippen LogP contribution is 2.29. The third-order valence-electron chi connectivity index (χ3n) is 2.10. The predicted octanol–water partition coefficient (Wildman–Crippen LogP) is 2.73. The lowest BCUT2D eigenvalue weighted by molar-refractivity contribution is 0.775. The molecule has 1 unspecified atom stereocenters. The number of nitrogens with two attached hydrogens (primary N) is 1. The van der Waals surface area contributed by atoms with Crippen molar-refractivity contribution in [3.63, 3.8) is 0 Å². The molecule has 3 N–H and O–H groups in total. The molecule has 2 aromatic heterocycles. The van der Waals surface area contributed by atoms with Crippen molar-refractivity contribution in [2.24, 2.45) is 5.73 Å². The van der Waals surface area contributed by atoms with Gasteiger partial charge in [-0.25, -0.2) is 0 Å². The maximum atomic E-state index is 5.65. The van der Waals surface area contributed by atoms with Gasteiger partial charge >= 0.3 is 0 Å². The summed E-state index contributed by atoms with van der Waals surface area (Å²) in [6.07, 6.45) is 0. The van der Waals surface area contributed by atoms with Gasteiger partial charge in [0.25, 0.3) is 0 Å². The van der Waals surface area contributed by atoms with Gasteiger partial charge in [-0.05, 0) is 47.1 Å². The molecule has 0 amide bonds. The minimum absolute atomic E-state index is 0.102. The van der Waals surface area contributed by atoms with Gasteiger partial charge in [0.2, 0.25) is 0 Å². The summed E-state index contributed by atoms with van der Waals surface area (Å²) in [4.78, 5) is 1.10. The van der Waals surface area contributed by atoms with Crippen LogP contribution in [0.1, 0.15) is 6.92 Å². The predicted molar refractivity (Wildman–Crippen MR) is 75.2 cm³/mol. The summed E-state index contributed by atoms with van der Waals surface area (Å²) in [6.45, 7) is 2.64. The summed E-state index contributed by atoms with van der Waals surface area (Å²) in [5, 5.41) is 11.4. The van der Waals surface area contributed by atoms with E-state index in [1.54, 1.807) is 11.3 Å².